The molecule has 3 rings (SSSR count). The summed E-state index contributed by atoms with van der Waals surface area (Å²) in [6.45, 7) is 0.467. The first-order valence-electron chi connectivity index (χ1n) is 7.26. The monoisotopic (exact) mass is 345 g/mol. The number of methoxy groups -OCH3 is 1. The molecule has 122 valence electrons. The molecule has 2 heterocycles. The first kappa shape index (κ1) is 15.5. The molecule has 0 bridgehead atoms. The first-order chi connectivity index (χ1) is 10.5. The van der Waals surface area contributed by atoms with Gasteiger partial charge >= 0.3 is 6.03 Å². The standard InChI is InChI=1S/C13H19N3O4S2/c1-20-11-7-14-12(21-11)15-13(17)16-5-2-6-22(18,19)8-10(16)9-3-4-9/h7,9-10H,2-6,8H2,1H3,(H,14,15,17)/t10-/m0/s1. The third-order valence-corrected chi connectivity index (χ3v) is 6.64. The van der Waals surface area contributed by atoms with E-state index < -0.39 is 9.84 Å². The van der Waals surface area contributed by atoms with Crippen LogP contribution in [0, 0.1) is 5.92 Å². The van der Waals surface area contributed by atoms with Crippen LogP contribution in [0.1, 0.15) is 19.3 Å². The molecule has 1 aromatic rings. The minimum absolute atomic E-state index is 0.0757. The Balaban J connectivity index is 1.74. The molecule has 1 atom stereocenters. The molecule has 1 saturated carbocycles. The summed E-state index contributed by atoms with van der Waals surface area (Å²) in [5, 5.41) is 3.83. The number of carbonyl (C=O) groups excluding carboxylic acids is 1. The predicted molar refractivity (Wildman–Crippen MR) is 84.2 cm³/mol. The topological polar surface area (TPSA) is 88.6 Å². The van der Waals surface area contributed by atoms with E-state index in [0.717, 1.165) is 12.8 Å². The second-order valence-corrected chi connectivity index (χ2v) is 8.91. The van der Waals surface area contributed by atoms with E-state index in [9.17, 15) is 13.2 Å². The zero-order valence-corrected chi connectivity index (χ0v) is 14.0. The van der Waals surface area contributed by atoms with Crippen molar-refractivity contribution >= 4 is 32.3 Å². The lowest BCUT2D eigenvalue weighted by molar-refractivity contribution is 0.188. The number of nitrogens with one attached hydrogen (secondary N) is 1. The van der Waals surface area contributed by atoms with Gasteiger partial charge in [-0.15, -0.1) is 0 Å². The largest absolute Gasteiger partial charge is 0.486 e. The van der Waals surface area contributed by atoms with Gasteiger partial charge in [0.1, 0.15) is 0 Å². The molecule has 1 aliphatic heterocycles. The molecule has 2 fully saturated rings. The van der Waals surface area contributed by atoms with E-state index in [1.54, 1.807) is 18.2 Å². The van der Waals surface area contributed by atoms with E-state index in [1.165, 1.54) is 11.3 Å². The Morgan fingerprint density at radius 2 is 2.27 bits per heavy atom. The Kier molecular flexibility index (Phi) is 4.26. The Bertz CT molecular complexity index is 654. The van der Waals surface area contributed by atoms with Gasteiger partial charge in [-0.1, -0.05) is 11.3 Å². The minimum atomic E-state index is -3.07. The molecule has 0 unspecified atom stereocenters. The van der Waals surface area contributed by atoms with Gasteiger partial charge in [0.05, 0.1) is 30.9 Å². The van der Waals surface area contributed by atoms with Crippen LogP contribution in [0.25, 0.3) is 0 Å². The second-order valence-electron chi connectivity index (χ2n) is 5.68. The Morgan fingerprint density at radius 1 is 1.50 bits per heavy atom. The lowest BCUT2D eigenvalue weighted by Gasteiger charge is -2.29. The van der Waals surface area contributed by atoms with Crippen LogP contribution in [0.3, 0.4) is 0 Å². The maximum Gasteiger partial charge on any atom is 0.323 e. The van der Waals surface area contributed by atoms with E-state index in [1.807, 2.05) is 0 Å². The van der Waals surface area contributed by atoms with Crippen molar-refractivity contribution < 1.29 is 17.9 Å². The number of rotatable bonds is 3. The molecule has 0 spiro atoms. The highest BCUT2D eigenvalue weighted by Crippen LogP contribution is 2.37. The van der Waals surface area contributed by atoms with Gasteiger partial charge in [-0.2, -0.15) is 0 Å². The average molecular weight is 345 g/mol. The van der Waals surface area contributed by atoms with Crippen LogP contribution in [-0.4, -0.2) is 55.5 Å². The summed E-state index contributed by atoms with van der Waals surface area (Å²) in [4.78, 5) is 18.3. The average Bonchev–Trinajstić information content (AvgIpc) is 3.23. The SMILES string of the molecule is COc1cnc(NC(=O)N2CCCS(=O)(=O)C[C@H]2C2CC2)s1. The smallest absolute Gasteiger partial charge is 0.323 e. The van der Waals surface area contributed by atoms with Gasteiger partial charge < -0.3 is 9.64 Å². The van der Waals surface area contributed by atoms with Crippen molar-refractivity contribution in [3.05, 3.63) is 6.20 Å². The summed E-state index contributed by atoms with van der Waals surface area (Å²) < 4.78 is 29.0. The number of hydrogen-bond acceptors (Lipinski definition) is 6. The molecular formula is C13H19N3O4S2. The molecule has 22 heavy (non-hydrogen) atoms. The molecule has 2 aliphatic rings. The lowest BCUT2D eigenvalue weighted by atomic mass is 10.2. The fourth-order valence-corrected chi connectivity index (χ4v) is 5.08. The van der Waals surface area contributed by atoms with Crippen molar-refractivity contribution in [2.75, 3.05) is 30.5 Å². The highest BCUT2D eigenvalue weighted by molar-refractivity contribution is 7.91. The van der Waals surface area contributed by atoms with Crippen molar-refractivity contribution in [3.63, 3.8) is 0 Å². The highest BCUT2D eigenvalue weighted by atomic mass is 32.2. The van der Waals surface area contributed by atoms with E-state index in [-0.39, 0.29) is 23.6 Å². The van der Waals surface area contributed by atoms with Gasteiger partial charge in [-0.25, -0.2) is 18.2 Å². The molecule has 0 radical (unpaired) electrons. The molecule has 0 aromatic carbocycles. The number of anilines is 1. The molecule has 2 amide bonds. The lowest BCUT2D eigenvalue weighted by Crippen LogP contribution is -2.46. The summed E-state index contributed by atoms with van der Waals surface area (Å²) in [6.07, 6.45) is 4.02. The zero-order chi connectivity index (χ0) is 15.7. The number of sulfone groups is 1. The maximum atomic E-state index is 12.5. The number of carbonyl (C=O) groups is 1. The van der Waals surface area contributed by atoms with Gasteiger partial charge in [0.25, 0.3) is 0 Å². The minimum Gasteiger partial charge on any atom is -0.486 e. The summed E-state index contributed by atoms with van der Waals surface area (Å²) in [7, 11) is -1.52. The maximum absolute atomic E-state index is 12.5. The van der Waals surface area contributed by atoms with Crippen molar-refractivity contribution in [2.45, 2.75) is 25.3 Å². The summed E-state index contributed by atoms with van der Waals surface area (Å²) in [5.74, 6) is 0.543. The molecule has 1 saturated heterocycles. The number of nitrogens with zero attached hydrogens (tertiary/aromatic N) is 2. The van der Waals surface area contributed by atoms with Crippen molar-refractivity contribution in [3.8, 4) is 5.06 Å². The zero-order valence-electron chi connectivity index (χ0n) is 12.3. The summed E-state index contributed by atoms with van der Waals surface area (Å²) in [6, 6.07) is -0.486. The third-order valence-electron chi connectivity index (χ3n) is 4.01. The number of urea groups is 1. The van der Waals surface area contributed by atoms with Crippen molar-refractivity contribution in [1.29, 1.82) is 0 Å². The summed E-state index contributed by atoms with van der Waals surface area (Å²) >= 11 is 1.25. The van der Waals surface area contributed by atoms with E-state index in [2.05, 4.69) is 10.3 Å². The van der Waals surface area contributed by atoms with E-state index >= 15 is 0 Å². The summed E-state index contributed by atoms with van der Waals surface area (Å²) in [5.41, 5.74) is 0. The number of ether oxygens (including phenoxy) is 1. The van der Waals surface area contributed by atoms with Gasteiger partial charge in [0.15, 0.2) is 20.0 Å². The van der Waals surface area contributed by atoms with Crippen LogP contribution < -0.4 is 10.1 Å². The molecular weight excluding hydrogens is 326 g/mol. The molecule has 1 N–H and O–H groups in total. The van der Waals surface area contributed by atoms with Crippen LogP contribution in [0.15, 0.2) is 6.20 Å². The second kappa shape index (κ2) is 6.04. The number of amides is 2. The number of thiazole rings is 1. The Hall–Kier alpha value is -1.35. The molecule has 1 aliphatic carbocycles. The fraction of sp³-hybridized carbons (Fsp3) is 0.692. The van der Waals surface area contributed by atoms with Crippen molar-refractivity contribution in [1.82, 2.24) is 9.88 Å². The molecule has 9 heteroatoms. The highest BCUT2D eigenvalue weighted by Gasteiger charge is 2.41. The number of hydrogen-bond donors (Lipinski definition) is 1. The van der Waals surface area contributed by atoms with E-state index in [0.29, 0.717) is 29.1 Å². The molecule has 1 aromatic heterocycles. The number of aromatic nitrogens is 1. The third kappa shape index (κ3) is 3.52. The van der Waals surface area contributed by atoms with Crippen LogP contribution in [0.2, 0.25) is 0 Å². The quantitative estimate of drug-likeness (QED) is 0.898. The normalized spacial score (nSPS) is 24.6. The Morgan fingerprint density at radius 3 is 2.91 bits per heavy atom. The van der Waals surface area contributed by atoms with Crippen LogP contribution >= 0.6 is 11.3 Å². The molecule has 7 nitrogen and oxygen atoms in total. The van der Waals surface area contributed by atoms with E-state index in [4.69, 9.17) is 4.74 Å². The van der Waals surface area contributed by atoms with Gasteiger partial charge in [-0.3, -0.25) is 5.32 Å². The van der Waals surface area contributed by atoms with Crippen LogP contribution in [0.5, 0.6) is 5.06 Å². The predicted octanol–water partition coefficient (Wildman–Crippen LogP) is 1.58. The van der Waals surface area contributed by atoms with Crippen LogP contribution in [-0.2, 0) is 9.84 Å². The van der Waals surface area contributed by atoms with Gasteiger partial charge in [0, 0.05) is 6.54 Å². The fourth-order valence-electron chi connectivity index (χ4n) is 2.75. The first-order valence-corrected chi connectivity index (χ1v) is 9.90. The Labute approximate surface area is 133 Å². The van der Waals surface area contributed by atoms with Gasteiger partial charge in [0.2, 0.25) is 0 Å². The van der Waals surface area contributed by atoms with Gasteiger partial charge in [-0.05, 0) is 25.2 Å². The van der Waals surface area contributed by atoms with Crippen LogP contribution in [0.4, 0.5) is 9.93 Å². The van der Waals surface area contributed by atoms with Crippen molar-refractivity contribution in [2.24, 2.45) is 5.92 Å².